The van der Waals surface area contributed by atoms with E-state index in [9.17, 15) is 9.59 Å². The van der Waals surface area contributed by atoms with E-state index in [0.29, 0.717) is 12.1 Å². The molecule has 1 aliphatic rings. The van der Waals surface area contributed by atoms with Gasteiger partial charge in [-0.15, -0.1) is 10.2 Å². The number of nitrogens with zero attached hydrogens (tertiary/aromatic N) is 3. The lowest BCUT2D eigenvalue weighted by atomic mass is 10.0. The first-order valence-electron chi connectivity index (χ1n) is 7.62. The molecule has 24 heavy (non-hydrogen) atoms. The molecule has 2 aromatic rings. The van der Waals surface area contributed by atoms with Crippen molar-refractivity contribution in [1.82, 2.24) is 10.2 Å². The molecule has 2 heterocycles. The predicted molar refractivity (Wildman–Crippen MR) is 97.3 cm³/mol. The summed E-state index contributed by atoms with van der Waals surface area (Å²) in [5.74, 6) is 0.0960. The normalized spacial score (nSPS) is 14.4. The van der Waals surface area contributed by atoms with Crippen LogP contribution in [-0.2, 0) is 11.2 Å². The van der Waals surface area contributed by atoms with E-state index in [2.05, 4.69) is 15.5 Å². The van der Waals surface area contributed by atoms with Crippen LogP contribution >= 0.6 is 23.1 Å². The highest BCUT2D eigenvalue weighted by Gasteiger charge is 2.25. The Kier molecular flexibility index (Phi) is 4.86. The van der Waals surface area contributed by atoms with Gasteiger partial charge in [0.2, 0.25) is 11.0 Å². The third kappa shape index (κ3) is 3.29. The molecule has 0 radical (unpaired) electrons. The zero-order valence-corrected chi connectivity index (χ0v) is 15.3. The van der Waals surface area contributed by atoms with Crippen LogP contribution in [0.5, 0.6) is 0 Å². The Morgan fingerprint density at radius 2 is 2.17 bits per heavy atom. The van der Waals surface area contributed by atoms with Crippen molar-refractivity contribution in [2.45, 2.75) is 29.9 Å². The number of benzene rings is 1. The van der Waals surface area contributed by atoms with Gasteiger partial charge in [-0.25, -0.2) is 0 Å². The molecule has 1 aromatic carbocycles. The SMILES string of the molecule is CNc1nnc(S[C@@H](C)C(=O)c2ccc3c(c2)CCN3C(C)=O)s1. The highest BCUT2D eigenvalue weighted by molar-refractivity contribution is 8.02. The Hall–Kier alpha value is -1.93. The second-order valence-corrected chi connectivity index (χ2v) is 8.08. The topological polar surface area (TPSA) is 75.2 Å². The molecular formula is C16H18N4O2S2. The smallest absolute Gasteiger partial charge is 0.223 e. The molecule has 0 fully saturated rings. The largest absolute Gasteiger partial charge is 0.363 e. The Labute approximate surface area is 148 Å². The number of hydrogen-bond donors (Lipinski definition) is 1. The quantitative estimate of drug-likeness (QED) is 0.651. The maximum Gasteiger partial charge on any atom is 0.223 e. The first-order valence-corrected chi connectivity index (χ1v) is 9.32. The third-order valence-electron chi connectivity index (χ3n) is 3.91. The van der Waals surface area contributed by atoms with Gasteiger partial charge in [0.25, 0.3) is 0 Å². The van der Waals surface area contributed by atoms with Gasteiger partial charge in [0.05, 0.1) is 5.25 Å². The van der Waals surface area contributed by atoms with Gasteiger partial charge in [-0.1, -0.05) is 23.1 Å². The summed E-state index contributed by atoms with van der Waals surface area (Å²) in [4.78, 5) is 26.0. The summed E-state index contributed by atoms with van der Waals surface area (Å²) in [7, 11) is 1.79. The van der Waals surface area contributed by atoms with Crippen molar-refractivity contribution in [3.05, 3.63) is 29.3 Å². The minimum Gasteiger partial charge on any atom is -0.363 e. The number of Topliss-reactive ketones (excluding diaryl/α,β-unsaturated/α-hetero) is 1. The van der Waals surface area contributed by atoms with Gasteiger partial charge in [-0.05, 0) is 37.1 Å². The van der Waals surface area contributed by atoms with Crippen LogP contribution in [0.3, 0.4) is 0 Å². The summed E-state index contributed by atoms with van der Waals surface area (Å²) < 4.78 is 0.768. The van der Waals surface area contributed by atoms with E-state index in [1.807, 2.05) is 19.1 Å². The van der Waals surface area contributed by atoms with Crippen LogP contribution in [0.2, 0.25) is 0 Å². The van der Waals surface area contributed by atoms with Crippen molar-refractivity contribution in [1.29, 1.82) is 0 Å². The minimum atomic E-state index is -0.244. The summed E-state index contributed by atoms with van der Waals surface area (Å²) in [5.41, 5.74) is 2.65. The summed E-state index contributed by atoms with van der Waals surface area (Å²) in [5, 5.41) is 11.5. The van der Waals surface area contributed by atoms with Crippen LogP contribution < -0.4 is 10.2 Å². The average Bonchev–Trinajstić information content (AvgIpc) is 3.19. The second-order valence-electron chi connectivity index (χ2n) is 5.51. The first-order chi connectivity index (χ1) is 11.5. The number of anilines is 2. The Bertz CT molecular complexity index is 790. The van der Waals surface area contributed by atoms with Gasteiger partial charge in [-0.3, -0.25) is 9.59 Å². The lowest BCUT2D eigenvalue weighted by Gasteiger charge is -2.15. The van der Waals surface area contributed by atoms with Crippen molar-refractivity contribution in [2.75, 3.05) is 23.8 Å². The fourth-order valence-electron chi connectivity index (χ4n) is 2.68. The van der Waals surface area contributed by atoms with E-state index in [-0.39, 0.29) is 16.9 Å². The molecule has 1 aliphatic heterocycles. The van der Waals surface area contributed by atoms with Crippen molar-refractivity contribution >= 4 is 45.6 Å². The van der Waals surface area contributed by atoms with Gasteiger partial charge in [0.1, 0.15) is 0 Å². The molecule has 0 saturated carbocycles. The van der Waals surface area contributed by atoms with Crippen LogP contribution in [0.1, 0.15) is 29.8 Å². The molecule has 0 saturated heterocycles. The number of fused-ring (bicyclic) bond motifs is 1. The van der Waals surface area contributed by atoms with Gasteiger partial charge in [0, 0.05) is 31.8 Å². The molecule has 1 aromatic heterocycles. The number of rotatable bonds is 5. The molecule has 1 atom stereocenters. The molecule has 1 N–H and O–H groups in total. The number of aromatic nitrogens is 2. The molecule has 0 bridgehead atoms. The summed E-state index contributed by atoms with van der Waals surface area (Å²) >= 11 is 2.84. The molecular weight excluding hydrogens is 344 g/mol. The van der Waals surface area contributed by atoms with Crippen molar-refractivity contribution in [2.24, 2.45) is 0 Å². The summed E-state index contributed by atoms with van der Waals surface area (Å²) in [6.07, 6.45) is 0.791. The molecule has 8 heteroatoms. The maximum absolute atomic E-state index is 12.7. The fraction of sp³-hybridized carbons (Fsp3) is 0.375. The van der Waals surface area contributed by atoms with E-state index in [1.54, 1.807) is 24.9 Å². The van der Waals surface area contributed by atoms with Crippen LogP contribution in [0, 0.1) is 0 Å². The molecule has 0 spiro atoms. The number of carbonyl (C=O) groups excluding carboxylic acids is 2. The third-order valence-corrected chi connectivity index (χ3v) is 6.03. The molecule has 1 amide bonds. The Morgan fingerprint density at radius 1 is 1.38 bits per heavy atom. The lowest BCUT2D eigenvalue weighted by molar-refractivity contribution is -0.116. The van der Waals surface area contributed by atoms with E-state index in [1.165, 1.54) is 23.1 Å². The highest BCUT2D eigenvalue weighted by Crippen LogP contribution is 2.32. The Balaban J connectivity index is 1.74. The van der Waals surface area contributed by atoms with Gasteiger partial charge in [-0.2, -0.15) is 0 Å². The van der Waals surface area contributed by atoms with E-state index < -0.39 is 0 Å². The molecule has 3 rings (SSSR count). The minimum absolute atomic E-state index is 0.0355. The van der Waals surface area contributed by atoms with Gasteiger partial charge >= 0.3 is 0 Å². The van der Waals surface area contributed by atoms with Crippen LogP contribution in [0.4, 0.5) is 10.8 Å². The van der Waals surface area contributed by atoms with Crippen molar-refractivity contribution < 1.29 is 9.59 Å². The van der Waals surface area contributed by atoms with Gasteiger partial charge < -0.3 is 10.2 Å². The number of hydrogen-bond acceptors (Lipinski definition) is 7. The number of nitrogens with one attached hydrogen (secondary N) is 1. The Morgan fingerprint density at radius 3 is 2.83 bits per heavy atom. The summed E-state index contributed by atoms with van der Waals surface area (Å²) in [6.45, 7) is 4.13. The van der Waals surface area contributed by atoms with Crippen LogP contribution in [0.25, 0.3) is 0 Å². The highest BCUT2D eigenvalue weighted by atomic mass is 32.2. The monoisotopic (exact) mass is 362 g/mol. The second kappa shape index (κ2) is 6.90. The molecule has 0 unspecified atom stereocenters. The van der Waals surface area contributed by atoms with Crippen LogP contribution in [-0.4, -0.2) is 40.7 Å². The number of carbonyl (C=O) groups is 2. The van der Waals surface area contributed by atoms with Gasteiger partial charge in [0.15, 0.2) is 10.1 Å². The zero-order valence-electron chi connectivity index (χ0n) is 13.7. The van der Waals surface area contributed by atoms with Crippen LogP contribution in [0.15, 0.2) is 22.5 Å². The number of thioether (sulfide) groups is 1. The zero-order chi connectivity index (χ0) is 17.3. The van der Waals surface area contributed by atoms with E-state index in [4.69, 9.17) is 0 Å². The number of ketones is 1. The average molecular weight is 362 g/mol. The van der Waals surface area contributed by atoms with Crippen molar-refractivity contribution in [3.8, 4) is 0 Å². The standard InChI is InChI=1S/C16H18N4O2S2/c1-9(23-16-19-18-15(17-3)24-16)14(22)12-4-5-13-11(8-12)6-7-20(13)10(2)21/h4-5,8-9H,6-7H2,1-3H3,(H,17,18)/t9-/m0/s1. The lowest BCUT2D eigenvalue weighted by Crippen LogP contribution is -2.25. The maximum atomic E-state index is 12.7. The first kappa shape index (κ1) is 16.9. The number of amides is 1. The van der Waals surface area contributed by atoms with E-state index >= 15 is 0 Å². The fourth-order valence-corrected chi connectivity index (χ4v) is 4.61. The van der Waals surface area contributed by atoms with E-state index in [0.717, 1.165) is 27.1 Å². The predicted octanol–water partition coefficient (Wildman–Crippen LogP) is 2.85. The molecule has 126 valence electrons. The molecule has 0 aliphatic carbocycles. The van der Waals surface area contributed by atoms with Crippen molar-refractivity contribution in [3.63, 3.8) is 0 Å². The summed E-state index contributed by atoms with van der Waals surface area (Å²) in [6, 6.07) is 5.59. The molecule has 6 nitrogen and oxygen atoms in total.